The average molecular weight is 278 g/mol. The molecule has 4 rings (SSSR count). The van der Waals surface area contributed by atoms with Crippen molar-refractivity contribution in [1.82, 2.24) is 0 Å². The van der Waals surface area contributed by atoms with Crippen LogP contribution >= 0.6 is 0 Å². The van der Waals surface area contributed by atoms with Crippen molar-refractivity contribution < 1.29 is 9.84 Å². The van der Waals surface area contributed by atoms with E-state index in [1.807, 2.05) is 0 Å². The highest BCUT2D eigenvalue weighted by Gasteiger charge is 2.84. The molecule has 0 aromatic carbocycles. The molecule has 0 aromatic rings. The summed E-state index contributed by atoms with van der Waals surface area (Å²) in [5, 5.41) is 11.5. The fourth-order valence-corrected chi connectivity index (χ4v) is 7.08. The van der Waals surface area contributed by atoms with E-state index < -0.39 is 5.60 Å². The van der Waals surface area contributed by atoms with Gasteiger partial charge in [0.2, 0.25) is 0 Å². The van der Waals surface area contributed by atoms with Gasteiger partial charge in [-0.15, -0.1) is 0 Å². The van der Waals surface area contributed by atoms with Gasteiger partial charge in [0, 0.05) is 0 Å². The second kappa shape index (κ2) is 3.15. The highest BCUT2D eigenvalue weighted by Crippen LogP contribution is 2.77. The Labute approximate surface area is 123 Å². The maximum Gasteiger partial charge on any atom is 0.127 e. The first-order chi connectivity index (χ1) is 8.95. The van der Waals surface area contributed by atoms with Crippen LogP contribution in [0.3, 0.4) is 0 Å². The van der Waals surface area contributed by atoms with Crippen LogP contribution in [0.4, 0.5) is 0 Å². The van der Waals surface area contributed by atoms with E-state index in [-0.39, 0.29) is 22.0 Å². The van der Waals surface area contributed by atoms with Gasteiger partial charge in [-0.1, -0.05) is 34.6 Å². The van der Waals surface area contributed by atoms with Crippen LogP contribution in [0, 0.1) is 16.2 Å². The van der Waals surface area contributed by atoms with E-state index >= 15 is 0 Å². The predicted molar refractivity (Wildman–Crippen MR) is 79.5 cm³/mol. The minimum absolute atomic E-state index is 0.00694. The highest BCUT2D eigenvalue weighted by atomic mass is 16.6. The Kier molecular flexibility index (Phi) is 2.14. The van der Waals surface area contributed by atoms with Gasteiger partial charge in [0.1, 0.15) is 11.2 Å². The summed E-state index contributed by atoms with van der Waals surface area (Å²) < 4.78 is 6.48. The minimum Gasteiger partial charge on any atom is -0.387 e. The van der Waals surface area contributed by atoms with Crippen LogP contribution in [0.2, 0.25) is 0 Å². The number of aliphatic hydroxyl groups is 1. The first-order valence-corrected chi connectivity index (χ1v) is 8.37. The Hall–Kier alpha value is -0.0800. The topological polar surface area (TPSA) is 32.8 Å². The fourth-order valence-electron chi connectivity index (χ4n) is 7.08. The molecule has 1 N–H and O–H groups in total. The second-order valence-electron chi connectivity index (χ2n) is 10.5. The number of ether oxygens (including phenoxy) is 1. The number of fused-ring (bicyclic) bond motifs is 2. The largest absolute Gasteiger partial charge is 0.387 e. The van der Waals surface area contributed by atoms with Gasteiger partial charge in [-0.3, -0.25) is 0 Å². The molecule has 2 bridgehead atoms. The summed E-state index contributed by atoms with van der Waals surface area (Å²) in [7, 11) is 0. The molecule has 2 nitrogen and oxygen atoms in total. The molecular formula is C18H30O2. The molecule has 0 amide bonds. The molecule has 0 unspecified atom stereocenters. The third-order valence-corrected chi connectivity index (χ3v) is 6.84. The predicted octanol–water partition coefficient (Wildman–Crippen LogP) is 4.06. The normalized spacial score (nSPS) is 58.5. The summed E-state index contributed by atoms with van der Waals surface area (Å²) in [5.41, 5.74) is 0.0668. The van der Waals surface area contributed by atoms with Gasteiger partial charge in [-0.2, -0.15) is 0 Å². The van der Waals surface area contributed by atoms with Crippen LogP contribution < -0.4 is 0 Å². The molecule has 20 heavy (non-hydrogen) atoms. The van der Waals surface area contributed by atoms with E-state index in [9.17, 15) is 5.11 Å². The van der Waals surface area contributed by atoms with Gasteiger partial charge in [-0.25, -0.2) is 0 Å². The molecule has 3 saturated carbocycles. The molecule has 1 aliphatic heterocycles. The SMILES string of the molecule is CC1(C)C[C@@]2(C)C[C@@](O)(C1)[C@]13CCC(C)(C)C[C@]1(C2)O3. The van der Waals surface area contributed by atoms with E-state index in [4.69, 9.17) is 4.74 Å². The number of hydrogen-bond donors (Lipinski definition) is 1. The van der Waals surface area contributed by atoms with E-state index in [0.29, 0.717) is 5.41 Å². The summed E-state index contributed by atoms with van der Waals surface area (Å²) in [4.78, 5) is 0. The standard InChI is InChI=1S/C18H30O2/c1-13(2)6-7-18-16(19)9-14(3,4)8-15(5,11-16)12-17(18,10-13)20-18/h19H,6-12H2,1-5H3/t15-,16-,17+,18+/m0/s1. The average Bonchev–Trinajstić information content (AvgIpc) is 2.79. The molecule has 0 spiro atoms. The molecule has 114 valence electrons. The summed E-state index contributed by atoms with van der Waals surface area (Å²) >= 11 is 0. The van der Waals surface area contributed by atoms with E-state index in [1.54, 1.807) is 0 Å². The van der Waals surface area contributed by atoms with Crippen LogP contribution in [0.25, 0.3) is 0 Å². The lowest BCUT2D eigenvalue weighted by Crippen LogP contribution is -2.64. The van der Waals surface area contributed by atoms with Crippen LogP contribution in [-0.2, 0) is 4.74 Å². The summed E-state index contributed by atoms with van der Waals surface area (Å²) in [6, 6.07) is 0. The first-order valence-electron chi connectivity index (χ1n) is 8.37. The minimum atomic E-state index is -0.585. The molecule has 0 aromatic heterocycles. The molecule has 4 aliphatic rings. The lowest BCUT2D eigenvalue weighted by Gasteiger charge is -2.59. The smallest absolute Gasteiger partial charge is 0.127 e. The van der Waals surface area contributed by atoms with Crippen molar-refractivity contribution in [3.8, 4) is 0 Å². The second-order valence-corrected chi connectivity index (χ2v) is 10.5. The van der Waals surface area contributed by atoms with Gasteiger partial charge in [0.15, 0.2) is 0 Å². The van der Waals surface area contributed by atoms with Crippen LogP contribution in [0.15, 0.2) is 0 Å². The Balaban J connectivity index is 1.78. The number of hydrogen-bond acceptors (Lipinski definition) is 2. The van der Waals surface area contributed by atoms with Crippen molar-refractivity contribution in [1.29, 1.82) is 0 Å². The zero-order valence-corrected chi connectivity index (χ0v) is 13.8. The third kappa shape index (κ3) is 1.48. The molecule has 2 heteroatoms. The molecule has 4 fully saturated rings. The van der Waals surface area contributed by atoms with E-state index in [2.05, 4.69) is 34.6 Å². The Morgan fingerprint density at radius 2 is 1.45 bits per heavy atom. The van der Waals surface area contributed by atoms with Crippen LogP contribution in [0.1, 0.15) is 79.6 Å². The number of epoxide rings is 1. The Morgan fingerprint density at radius 3 is 2.15 bits per heavy atom. The molecule has 4 atom stereocenters. The van der Waals surface area contributed by atoms with E-state index in [1.165, 1.54) is 12.8 Å². The Morgan fingerprint density at radius 1 is 0.750 bits per heavy atom. The molecular weight excluding hydrogens is 248 g/mol. The van der Waals surface area contributed by atoms with Crippen molar-refractivity contribution in [3.05, 3.63) is 0 Å². The Bertz CT molecular complexity index is 478. The van der Waals surface area contributed by atoms with Gasteiger partial charge in [-0.05, 0) is 61.2 Å². The number of rotatable bonds is 0. The maximum atomic E-state index is 11.5. The van der Waals surface area contributed by atoms with Gasteiger partial charge >= 0.3 is 0 Å². The highest BCUT2D eigenvalue weighted by molar-refractivity contribution is 5.34. The summed E-state index contributed by atoms with van der Waals surface area (Å²) in [6.07, 6.45) is 7.64. The van der Waals surface area contributed by atoms with Gasteiger partial charge in [0.05, 0.1) is 5.60 Å². The van der Waals surface area contributed by atoms with Crippen molar-refractivity contribution in [2.75, 3.05) is 0 Å². The lowest BCUT2D eigenvalue weighted by atomic mass is 9.45. The molecule has 3 aliphatic carbocycles. The van der Waals surface area contributed by atoms with Crippen LogP contribution in [0.5, 0.6) is 0 Å². The van der Waals surface area contributed by atoms with Crippen molar-refractivity contribution in [3.63, 3.8) is 0 Å². The van der Waals surface area contributed by atoms with Crippen molar-refractivity contribution in [2.45, 2.75) is 96.4 Å². The van der Waals surface area contributed by atoms with Crippen molar-refractivity contribution in [2.24, 2.45) is 16.2 Å². The maximum absolute atomic E-state index is 11.5. The molecule has 1 heterocycles. The summed E-state index contributed by atoms with van der Waals surface area (Å²) in [6.45, 7) is 11.8. The quantitative estimate of drug-likeness (QED) is 0.678. The van der Waals surface area contributed by atoms with Crippen LogP contribution in [-0.4, -0.2) is 21.9 Å². The van der Waals surface area contributed by atoms with Crippen molar-refractivity contribution >= 4 is 0 Å². The van der Waals surface area contributed by atoms with E-state index in [0.717, 1.165) is 32.1 Å². The molecule has 0 radical (unpaired) electrons. The lowest BCUT2D eigenvalue weighted by molar-refractivity contribution is -0.160. The van der Waals surface area contributed by atoms with Gasteiger partial charge < -0.3 is 9.84 Å². The fraction of sp³-hybridized carbons (Fsp3) is 1.00. The van der Waals surface area contributed by atoms with Gasteiger partial charge in [0.25, 0.3) is 0 Å². The molecule has 1 saturated heterocycles. The summed E-state index contributed by atoms with van der Waals surface area (Å²) in [5.74, 6) is 0. The third-order valence-electron chi connectivity index (χ3n) is 6.84. The zero-order chi connectivity index (χ0) is 14.7. The zero-order valence-electron chi connectivity index (χ0n) is 13.8. The first kappa shape index (κ1) is 13.6. The monoisotopic (exact) mass is 278 g/mol.